The van der Waals surface area contributed by atoms with Gasteiger partial charge in [0.25, 0.3) is 0 Å². The van der Waals surface area contributed by atoms with Crippen molar-refractivity contribution >= 4 is 11.9 Å². The molecule has 2 saturated carbocycles. The SMILES string of the molecule is CC(C)(C)C(=O)OC(CC(=O)O)C1CC2CCCC(C2)C1. The molecule has 0 aliphatic heterocycles. The van der Waals surface area contributed by atoms with Crippen LogP contribution in [0.1, 0.15) is 65.7 Å². The zero-order chi connectivity index (χ0) is 15.6. The topological polar surface area (TPSA) is 63.6 Å². The quantitative estimate of drug-likeness (QED) is 0.805. The molecule has 0 aromatic carbocycles. The van der Waals surface area contributed by atoms with Crippen molar-refractivity contribution < 1.29 is 19.4 Å². The minimum atomic E-state index is -0.877. The van der Waals surface area contributed by atoms with E-state index in [-0.39, 0.29) is 18.3 Å². The lowest BCUT2D eigenvalue weighted by Gasteiger charge is -2.41. The largest absolute Gasteiger partial charge is 0.481 e. The summed E-state index contributed by atoms with van der Waals surface area (Å²) < 4.78 is 5.61. The van der Waals surface area contributed by atoms with Crippen molar-refractivity contribution in [3.05, 3.63) is 0 Å². The van der Waals surface area contributed by atoms with Crippen LogP contribution in [0.4, 0.5) is 0 Å². The molecule has 0 spiro atoms. The number of rotatable bonds is 4. The number of hydrogen-bond donors (Lipinski definition) is 1. The van der Waals surface area contributed by atoms with E-state index in [1.54, 1.807) is 0 Å². The van der Waals surface area contributed by atoms with E-state index in [2.05, 4.69) is 0 Å². The lowest BCUT2D eigenvalue weighted by molar-refractivity contribution is -0.166. The van der Waals surface area contributed by atoms with Crippen molar-refractivity contribution in [2.45, 2.75) is 71.8 Å². The van der Waals surface area contributed by atoms with Crippen molar-refractivity contribution in [1.82, 2.24) is 0 Å². The number of carbonyl (C=O) groups is 2. The Kier molecular flexibility index (Phi) is 4.95. The number of esters is 1. The van der Waals surface area contributed by atoms with Gasteiger partial charge in [0, 0.05) is 0 Å². The Bertz CT molecular complexity index is 384. The number of fused-ring (bicyclic) bond motifs is 2. The zero-order valence-corrected chi connectivity index (χ0v) is 13.4. The third-order valence-electron chi connectivity index (χ3n) is 4.94. The highest BCUT2D eigenvalue weighted by molar-refractivity contribution is 5.76. The van der Waals surface area contributed by atoms with E-state index < -0.39 is 17.5 Å². The van der Waals surface area contributed by atoms with Crippen LogP contribution in [0.25, 0.3) is 0 Å². The predicted molar refractivity (Wildman–Crippen MR) is 79.8 cm³/mol. The second kappa shape index (κ2) is 6.37. The lowest BCUT2D eigenvalue weighted by Crippen LogP contribution is -2.39. The highest BCUT2D eigenvalue weighted by Gasteiger charge is 2.39. The van der Waals surface area contributed by atoms with Crippen molar-refractivity contribution in [2.75, 3.05) is 0 Å². The Morgan fingerprint density at radius 1 is 1.14 bits per heavy atom. The molecule has 2 bridgehead atoms. The molecule has 0 aromatic heterocycles. The number of ether oxygens (including phenoxy) is 1. The van der Waals surface area contributed by atoms with Gasteiger partial charge in [-0.05, 0) is 57.8 Å². The normalized spacial score (nSPS) is 30.5. The number of hydrogen-bond acceptors (Lipinski definition) is 3. The number of carboxylic acids is 1. The van der Waals surface area contributed by atoms with Crippen LogP contribution in [0.3, 0.4) is 0 Å². The summed E-state index contributed by atoms with van der Waals surface area (Å²) in [5, 5.41) is 9.14. The summed E-state index contributed by atoms with van der Waals surface area (Å²) in [6, 6.07) is 0. The van der Waals surface area contributed by atoms with Gasteiger partial charge >= 0.3 is 11.9 Å². The Balaban J connectivity index is 2.05. The average molecular weight is 296 g/mol. The fourth-order valence-corrected chi connectivity index (χ4v) is 3.88. The molecule has 0 amide bonds. The van der Waals surface area contributed by atoms with Crippen LogP contribution in [0.15, 0.2) is 0 Å². The zero-order valence-electron chi connectivity index (χ0n) is 13.4. The minimum absolute atomic E-state index is 0.0636. The van der Waals surface area contributed by atoms with Crippen molar-refractivity contribution in [1.29, 1.82) is 0 Å². The summed E-state index contributed by atoms with van der Waals surface area (Å²) in [4.78, 5) is 23.3. The molecule has 3 unspecified atom stereocenters. The van der Waals surface area contributed by atoms with E-state index in [4.69, 9.17) is 9.84 Å². The highest BCUT2D eigenvalue weighted by atomic mass is 16.5. The summed E-state index contributed by atoms with van der Waals surface area (Å²) in [5.74, 6) is 0.456. The van der Waals surface area contributed by atoms with Gasteiger partial charge in [-0.2, -0.15) is 0 Å². The molecule has 0 aromatic rings. The van der Waals surface area contributed by atoms with Crippen LogP contribution < -0.4 is 0 Å². The third kappa shape index (κ3) is 4.45. The average Bonchev–Trinajstić information content (AvgIpc) is 2.35. The molecule has 120 valence electrons. The van der Waals surface area contributed by atoms with Crippen LogP contribution in [0.5, 0.6) is 0 Å². The summed E-state index contributed by atoms with van der Waals surface area (Å²) in [5.41, 5.74) is -0.582. The number of carboxylic acid groups (broad SMARTS) is 1. The smallest absolute Gasteiger partial charge is 0.311 e. The first-order valence-corrected chi connectivity index (χ1v) is 8.18. The Morgan fingerprint density at radius 3 is 2.19 bits per heavy atom. The second-order valence-corrected chi connectivity index (χ2v) is 7.92. The molecule has 0 saturated heterocycles. The van der Waals surface area contributed by atoms with E-state index in [1.807, 2.05) is 20.8 Å². The van der Waals surface area contributed by atoms with Gasteiger partial charge < -0.3 is 9.84 Å². The maximum absolute atomic E-state index is 12.1. The van der Waals surface area contributed by atoms with E-state index in [0.29, 0.717) is 11.8 Å². The van der Waals surface area contributed by atoms with E-state index >= 15 is 0 Å². The van der Waals surface area contributed by atoms with Crippen LogP contribution in [-0.4, -0.2) is 23.1 Å². The van der Waals surface area contributed by atoms with Crippen LogP contribution in [0, 0.1) is 23.2 Å². The van der Waals surface area contributed by atoms with Gasteiger partial charge in [0.1, 0.15) is 6.10 Å². The standard InChI is InChI=1S/C17H28O4/c1-17(2,3)16(20)21-14(10-15(18)19)13-8-11-5-4-6-12(7-11)9-13/h11-14H,4-10H2,1-3H3,(H,18,19). The Hall–Kier alpha value is -1.06. The summed E-state index contributed by atoms with van der Waals surface area (Å²) in [6.45, 7) is 5.42. The summed E-state index contributed by atoms with van der Waals surface area (Å²) in [6.07, 6.45) is 6.60. The first-order valence-electron chi connectivity index (χ1n) is 8.18. The van der Waals surface area contributed by atoms with Crippen molar-refractivity contribution in [3.63, 3.8) is 0 Å². The van der Waals surface area contributed by atoms with E-state index in [9.17, 15) is 9.59 Å². The Labute approximate surface area is 127 Å². The summed E-state index contributed by atoms with van der Waals surface area (Å²) in [7, 11) is 0. The molecule has 0 heterocycles. The maximum atomic E-state index is 12.1. The molecule has 21 heavy (non-hydrogen) atoms. The van der Waals surface area contributed by atoms with Crippen molar-refractivity contribution in [3.8, 4) is 0 Å². The first-order chi connectivity index (χ1) is 9.75. The lowest BCUT2D eigenvalue weighted by atomic mass is 9.66. The van der Waals surface area contributed by atoms with E-state index in [0.717, 1.165) is 12.8 Å². The fraction of sp³-hybridized carbons (Fsp3) is 0.882. The van der Waals surface area contributed by atoms with Gasteiger partial charge in [-0.15, -0.1) is 0 Å². The molecule has 2 aliphatic rings. The third-order valence-corrected chi connectivity index (χ3v) is 4.94. The monoisotopic (exact) mass is 296 g/mol. The molecule has 1 N–H and O–H groups in total. The van der Waals surface area contributed by atoms with Crippen LogP contribution in [-0.2, 0) is 14.3 Å². The molecule has 2 aliphatic carbocycles. The summed E-state index contributed by atoms with van der Waals surface area (Å²) >= 11 is 0. The van der Waals surface area contributed by atoms with Gasteiger partial charge in [0.2, 0.25) is 0 Å². The second-order valence-electron chi connectivity index (χ2n) is 7.92. The molecule has 0 radical (unpaired) electrons. The molecule has 3 atom stereocenters. The highest BCUT2D eigenvalue weighted by Crippen LogP contribution is 2.44. The number of carbonyl (C=O) groups excluding carboxylic acids is 1. The van der Waals surface area contributed by atoms with Crippen LogP contribution >= 0.6 is 0 Å². The molecule has 2 rings (SSSR count). The minimum Gasteiger partial charge on any atom is -0.481 e. The van der Waals surface area contributed by atoms with Gasteiger partial charge in [0.05, 0.1) is 11.8 Å². The van der Waals surface area contributed by atoms with Gasteiger partial charge in [-0.25, -0.2) is 0 Å². The van der Waals surface area contributed by atoms with Gasteiger partial charge in [0.15, 0.2) is 0 Å². The van der Waals surface area contributed by atoms with Gasteiger partial charge in [-0.3, -0.25) is 9.59 Å². The molecular formula is C17H28O4. The molecule has 4 heteroatoms. The maximum Gasteiger partial charge on any atom is 0.311 e. The fourth-order valence-electron chi connectivity index (χ4n) is 3.88. The predicted octanol–water partition coefficient (Wildman–Crippen LogP) is 3.64. The number of aliphatic carboxylic acids is 1. The molecule has 4 nitrogen and oxygen atoms in total. The molecular weight excluding hydrogens is 268 g/mol. The van der Waals surface area contributed by atoms with Crippen LogP contribution in [0.2, 0.25) is 0 Å². The van der Waals surface area contributed by atoms with E-state index in [1.165, 1.54) is 25.7 Å². The first kappa shape index (κ1) is 16.3. The Morgan fingerprint density at radius 2 is 1.71 bits per heavy atom. The van der Waals surface area contributed by atoms with Crippen molar-refractivity contribution in [2.24, 2.45) is 23.2 Å². The van der Waals surface area contributed by atoms with Gasteiger partial charge in [-0.1, -0.05) is 19.3 Å². The molecule has 2 fully saturated rings.